The summed E-state index contributed by atoms with van der Waals surface area (Å²) in [5.74, 6) is -0.482. The lowest BCUT2D eigenvalue weighted by atomic mass is 9.77. The van der Waals surface area contributed by atoms with E-state index in [-0.39, 0.29) is 10.9 Å². The van der Waals surface area contributed by atoms with Crippen LogP contribution in [0.4, 0.5) is 5.69 Å². The van der Waals surface area contributed by atoms with Gasteiger partial charge in [0.1, 0.15) is 0 Å². The van der Waals surface area contributed by atoms with E-state index in [2.05, 4.69) is 11.6 Å². The number of aliphatic hydroxyl groups is 1. The third-order valence-electron chi connectivity index (χ3n) is 6.81. The van der Waals surface area contributed by atoms with Gasteiger partial charge in [0.15, 0.2) is 0 Å². The number of aromatic nitrogens is 1. The van der Waals surface area contributed by atoms with Crippen LogP contribution in [-0.2, 0) is 22.9 Å². The van der Waals surface area contributed by atoms with Crippen LogP contribution in [0.25, 0.3) is 22.0 Å². The number of fused-ring (bicyclic) bond motifs is 3. The molecule has 3 aromatic rings. The van der Waals surface area contributed by atoms with E-state index < -0.39 is 21.5 Å². The first-order valence-corrected chi connectivity index (χ1v) is 12.8. The third kappa shape index (κ3) is 4.00. The van der Waals surface area contributed by atoms with Crippen LogP contribution in [-0.4, -0.2) is 37.1 Å². The molecule has 1 aliphatic rings. The Kier molecular flexibility index (Phi) is 6.04. The minimum absolute atomic E-state index is 0.0678. The van der Waals surface area contributed by atoms with Gasteiger partial charge in [-0.25, -0.2) is 8.42 Å². The number of primary amides is 1. The Morgan fingerprint density at radius 1 is 1.29 bits per heavy atom. The summed E-state index contributed by atoms with van der Waals surface area (Å²) in [5.41, 5.74) is 9.58. The molecule has 0 spiro atoms. The molecule has 1 heterocycles. The van der Waals surface area contributed by atoms with Crippen LogP contribution in [0.1, 0.15) is 41.9 Å². The quantitative estimate of drug-likeness (QED) is 0.465. The first kappa shape index (κ1) is 24.3. The number of aromatic amines is 1. The number of nitrogens with one attached hydrogen (secondary N) is 1. The summed E-state index contributed by atoms with van der Waals surface area (Å²) in [4.78, 5) is 15.6. The molecule has 180 valence electrons. The number of halogens is 1. The Morgan fingerprint density at radius 2 is 2.00 bits per heavy atom. The number of hydrogen-bond donors (Lipinski definition) is 3. The van der Waals surface area contributed by atoms with Crippen molar-refractivity contribution in [3.8, 4) is 11.1 Å². The molecule has 0 aliphatic heterocycles. The van der Waals surface area contributed by atoms with Crippen molar-refractivity contribution >= 4 is 44.1 Å². The largest absolute Gasteiger partial charge is 0.390 e. The van der Waals surface area contributed by atoms with Crippen molar-refractivity contribution in [2.24, 2.45) is 11.7 Å². The Labute approximate surface area is 204 Å². The van der Waals surface area contributed by atoms with E-state index in [1.165, 1.54) is 7.05 Å². The summed E-state index contributed by atoms with van der Waals surface area (Å²) in [6.45, 7) is 7.00. The van der Waals surface area contributed by atoms with Gasteiger partial charge in [-0.3, -0.25) is 9.10 Å². The van der Waals surface area contributed by atoms with Crippen molar-refractivity contribution in [3.05, 3.63) is 64.2 Å². The van der Waals surface area contributed by atoms with E-state index in [1.54, 1.807) is 24.3 Å². The lowest BCUT2D eigenvalue weighted by molar-refractivity contribution is 0.0107. The van der Waals surface area contributed by atoms with Gasteiger partial charge in [0.25, 0.3) is 15.9 Å². The van der Waals surface area contributed by atoms with Crippen molar-refractivity contribution < 1.29 is 18.3 Å². The summed E-state index contributed by atoms with van der Waals surface area (Å²) < 4.78 is 25.8. The van der Waals surface area contributed by atoms with E-state index in [0.717, 1.165) is 38.3 Å². The fraction of sp³-hybridized carbons (Fsp3) is 0.320. The van der Waals surface area contributed by atoms with Gasteiger partial charge < -0.3 is 15.8 Å². The monoisotopic (exact) mass is 501 g/mol. The van der Waals surface area contributed by atoms with Gasteiger partial charge in [-0.15, -0.1) is 0 Å². The minimum atomic E-state index is -3.74. The predicted octanol–water partition coefficient (Wildman–Crippen LogP) is 4.37. The maximum absolute atomic E-state index is 12.4. The minimum Gasteiger partial charge on any atom is -0.390 e. The van der Waals surface area contributed by atoms with Gasteiger partial charge >= 0.3 is 0 Å². The van der Waals surface area contributed by atoms with Crippen molar-refractivity contribution in [1.29, 1.82) is 0 Å². The molecule has 7 nitrogen and oxygen atoms in total. The number of hydrogen-bond acceptors (Lipinski definition) is 4. The molecule has 0 radical (unpaired) electrons. The third-order valence-corrected chi connectivity index (χ3v) is 8.58. The van der Waals surface area contributed by atoms with Crippen LogP contribution in [0.2, 0.25) is 5.02 Å². The zero-order chi connectivity index (χ0) is 25.0. The van der Waals surface area contributed by atoms with Gasteiger partial charge in [-0.05, 0) is 62.3 Å². The van der Waals surface area contributed by atoms with Gasteiger partial charge in [0.2, 0.25) is 0 Å². The standard InChI is InChI=1S/C25H28ClN3O4S/c1-5-34(32,33)29(4)20-8-6-7-16(22(20)26)15-11-12-18(24(27)30)23-21(15)17-10-9-14(25(2,3)31)13-19(17)28-23/h5-8,11-12,14,28,31H,1,9-10,13H2,2-4H3,(H2,27,30). The van der Waals surface area contributed by atoms with E-state index in [9.17, 15) is 18.3 Å². The molecular weight excluding hydrogens is 474 g/mol. The molecule has 2 aromatic carbocycles. The molecule has 1 atom stereocenters. The lowest BCUT2D eigenvalue weighted by Crippen LogP contribution is -2.34. The number of anilines is 1. The highest BCUT2D eigenvalue weighted by molar-refractivity contribution is 7.95. The fourth-order valence-corrected chi connectivity index (χ4v) is 5.85. The first-order valence-electron chi connectivity index (χ1n) is 11.0. The van der Waals surface area contributed by atoms with Crippen molar-refractivity contribution in [2.45, 2.75) is 38.7 Å². The van der Waals surface area contributed by atoms with Gasteiger partial charge in [0, 0.05) is 29.1 Å². The molecule has 0 fully saturated rings. The Morgan fingerprint density at radius 3 is 2.62 bits per heavy atom. The number of benzene rings is 2. The summed E-state index contributed by atoms with van der Waals surface area (Å²) in [5, 5.41) is 12.5. The molecule has 1 aromatic heterocycles. The maximum Gasteiger partial charge on any atom is 0.256 e. The SMILES string of the molecule is C=CS(=O)(=O)N(C)c1cccc(-c2ccc(C(N)=O)c3[nH]c4c(c23)CCC(C(C)(C)O)C4)c1Cl. The maximum atomic E-state index is 12.4. The molecule has 0 saturated heterocycles. The number of rotatable bonds is 6. The Hall–Kier alpha value is -2.81. The first-order chi connectivity index (χ1) is 15.9. The molecule has 0 saturated carbocycles. The zero-order valence-corrected chi connectivity index (χ0v) is 20.9. The molecule has 4 rings (SSSR count). The Balaban J connectivity index is 1.96. The van der Waals surface area contributed by atoms with Gasteiger partial charge in [-0.1, -0.05) is 36.4 Å². The highest BCUT2D eigenvalue weighted by atomic mass is 35.5. The molecule has 4 N–H and O–H groups in total. The van der Waals surface area contributed by atoms with E-state index >= 15 is 0 Å². The number of nitrogens with two attached hydrogens (primary N) is 1. The second-order valence-corrected chi connectivity index (χ2v) is 11.6. The number of aryl methyl sites for hydroxylation is 1. The average molecular weight is 502 g/mol. The van der Waals surface area contributed by atoms with Gasteiger partial charge in [-0.2, -0.15) is 0 Å². The van der Waals surface area contributed by atoms with Crippen molar-refractivity contribution in [3.63, 3.8) is 0 Å². The van der Waals surface area contributed by atoms with E-state index in [4.69, 9.17) is 17.3 Å². The summed E-state index contributed by atoms with van der Waals surface area (Å²) in [6, 6.07) is 8.64. The topological polar surface area (TPSA) is 116 Å². The second kappa shape index (κ2) is 8.45. The van der Waals surface area contributed by atoms with E-state index in [1.807, 2.05) is 19.9 Å². The van der Waals surface area contributed by atoms with Crippen LogP contribution in [0.3, 0.4) is 0 Å². The second-order valence-electron chi connectivity index (χ2n) is 9.27. The molecule has 9 heteroatoms. The zero-order valence-electron chi connectivity index (χ0n) is 19.4. The summed E-state index contributed by atoms with van der Waals surface area (Å²) in [7, 11) is -2.32. The highest BCUT2D eigenvalue weighted by Gasteiger charge is 2.33. The number of H-pyrrole nitrogens is 1. The van der Waals surface area contributed by atoms with Crippen LogP contribution in [0.5, 0.6) is 0 Å². The number of sulfonamides is 1. The average Bonchev–Trinajstić information content (AvgIpc) is 3.16. The van der Waals surface area contributed by atoms with E-state index in [0.29, 0.717) is 35.2 Å². The number of nitrogens with zero attached hydrogens (tertiary/aromatic N) is 1. The molecule has 1 amide bonds. The van der Waals surface area contributed by atoms with Crippen molar-refractivity contribution in [1.82, 2.24) is 4.98 Å². The fourth-order valence-electron chi connectivity index (χ4n) is 4.79. The van der Waals surface area contributed by atoms with Crippen LogP contribution >= 0.6 is 11.6 Å². The van der Waals surface area contributed by atoms with Crippen molar-refractivity contribution in [2.75, 3.05) is 11.4 Å². The van der Waals surface area contributed by atoms with Gasteiger partial charge in [0.05, 0.1) is 27.4 Å². The highest BCUT2D eigenvalue weighted by Crippen LogP contribution is 2.44. The molecule has 1 aliphatic carbocycles. The summed E-state index contributed by atoms with van der Waals surface area (Å²) in [6.07, 6.45) is 2.14. The smallest absolute Gasteiger partial charge is 0.256 e. The molecular formula is C25H28ClN3O4S. The van der Waals surface area contributed by atoms with Crippen LogP contribution in [0, 0.1) is 5.92 Å². The van der Waals surface area contributed by atoms with Crippen LogP contribution in [0.15, 0.2) is 42.3 Å². The Bertz CT molecular complexity index is 1420. The lowest BCUT2D eigenvalue weighted by Gasteiger charge is -2.32. The number of amides is 1. The normalized spacial score (nSPS) is 16.3. The van der Waals surface area contributed by atoms with Crippen LogP contribution < -0.4 is 10.0 Å². The summed E-state index contributed by atoms with van der Waals surface area (Å²) >= 11 is 6.76. The number of carbonyl (C=O) groups excluding carboxylic acids is 1. The number of carbonyl (C=O) groups is 1. The molecule has 1 unspecified atom stereocenters. The molecule has 0 bridgehead atoms. The molecule has 34 heavy (non-hydrogen) atoms. The predicted molar refractivity (Wildman–Crippen MR) is 137 cm³/mol.